The van der Waals surface area contributed by atoms with Crippen molar-refractivity contribution in [2.45, 2.75) is 46.8 Å². The van der Waals surface area contributed by atoms with E-state index < -0.39 is 6.10 Å². The molecule has 1 amide bonds. The van der Waals surface area contributed by atoms with Gasteiger partial charge >= 0.3 is 0 Å². The molecule has 2 heterocycles. The molecule has 0 saturated heterocycles. The molecule has 0 bridgehead atoms. The van der Waals surface area contributed by atoms with Gasteiger partial charge in [0.2, 0.25) is 11.7 Å². The highest BCUT2D eigenvalue weighted by atomic mass is 16.5. The van der Waals surface area contributed by atoms with Crippen LogP contribution in [0.4, 0.5) is 0 Å². The molecule has 30 heavy (non-hydrogen) atoms. The Labute approximate surface area is 176 Å². The van der Waals surface area contributed by atoms with Crippen LogP contribution in [0.2, 0.25) is 0 Å². The largest absolute Gasteiger partial charge is 0.480 e. The molecule has 1 N–H and O–H groups in total. The first-order valence-electron chi connectivity index (χ1n) is 10.2. The molecular formula is C23H28N4O3. The van der Waals surface area contributed by atoms with Gasteiger partial charge in [-0.1, -0.05) is 45.0 Å². The van der Waals surface area contributed by atoms with E-state index in [1.165, 1.54) is 5.56 Å². The quantitative estimate of drug-likeness (QED) is 0.574. The number of amides is 1. The lowest BCUT2D eigenvalue weighted by molar-refractivity contribution is -0.130. The lowest BCUT2D eigenvalue weighted by atomic mass is 10.0. The van der Waals surface area contributed by atoms with Gasteiger partial charge in [0.15, 0.2) is 6.10 Å². The summed E-state index contributed by atoms with van der Waals surface area (Å²) in [6, 6.07) is 11.6. The zero-order valence-electron chi connectivity index (χ0n) is 17.8. The average molecular weight is 409 g/mol. The zero-order valence-corrected chi connectivity index (χ0v) is 17.8. The number of nitrogens with one attached hydrogen (secondary N) is 1. The summed E-state index contributed by atoms with van der Waals surface area (Å²) in [7, 11) is 0. The van der Waals surface area contributed by atoms with Crippen LogP contribution in [0, 0.1) is 11.8 Å². The van der Waals surface area contributed by atoms with Crippen molar-refractivity contribution in [3.63, 3.8) is 0 Å². The van der Waals surface area contributed by atoms with E-state index in [4.69, 9.17) is 9.26 Å². The van der Waals surface area contributed by atoms with Gasteiger partial charge in [0.05, 0.1) is 6.54 Å². The maximum absolute atomic E-state index is 12.7. The van der Waals surface area contributed by atoms with Crippen LogP contribution in [0.15, 0.2) is 53.3 Å². The van der Waals surface area contributed by atoms with Crippen LogP contribution >= 0.6 is 0 Å². The molecular weight excluding hydrogens is 380 g/mol. The Kier molecular flexibility index (Phi) is 7.17. The summed E-state index contributed by atoms with van der Waals surface area (Å²) in [5.41, 5.74) is 2.01. The summed E-state index contributed by atoms with van der Waals surface area (Å²) in [5, 5.41) is 6.76. The highest BCUT2D eigenvalue weighted by molar-refractivity contribution is 5.81. The summed E-state index contributed by atoms with van der Waals surface area (Å²) in [5.74, 6) is 1.79. The minimum atomic E-state index is -0.623. The van der Waals surface area contributed by atoms with Crippen LogP contribution in [-0.2, 0) is 17.8 Å². The number of ether oxygens (including phenoxy) is 1. The molecule has 1 aromatic carbocycles. The second kappa shape index (κ2) is 10.0. The smallest absolute Gasteiger partial charge is 0.261 e. The van der Waals surface area contributed by atoms with E-state index in [1.54, 1.807) is 18.5 Å². The van der Waals surface area contributed by atoms with Gasteiger partial charge in [-0.15, -0.1) is 0 Å². The molecule has 158 valence electrons. The van der Waals surface area contributed by atoms with Crippen molar-refractivity contribution in [1.82, 2.24) is 20.4 Å². The van der Waals surface area contributed by atoms with Crippen LogP contribution in [0.25, 0.3) is 11.4 Å². The Morgan fingerprint density at radius 1 is 1.13 bits per heavy atom. The first-order chi connectivity index (χ1) is 14.4. The van der Waals surface area contributed by atoms with Crippen molar-refractivity contribution in [2.75, 3.05) is 0 Å². The second-order valence-corrected chi connectivity index (χ2v) is 8.00. The topological polar surface area (TPSA) is 90.1 Å². The summed E-state index contributed by atoms with van der Waals surface area (Å²) in [6.07, 6.45) is 3.72. The number of carbonyl (C=O) groups is 1. The fourth-order valence-corrected chi connectivity index (χ4v) is 3.02. The zero-order chi connectivity index (χ0) is 21.5. The van der Waals surface area contributed by atoms with Gasteiger partial charge in [0, 0.05) is 18.0 Å². The maximum atomic E-state index is 12.7. The fourth-order valence-electron chi connectivity index (χ4n) is 3.02. The number of nitrogens with zero attached hydrogens (tertiary/aromatic N) is 3. The Balaban J connectivity index is 1.59. The molecule has 3 aromatic rings. The summed E-state index contributed by atoms with van der Waals surface area (Å²) in [4.78, 5) is 21.1. The van der Waals surface area contributed by atoms with Gasteiger partial charge in [-0.05, 0) is 48.1 Å². The third kappa shape index (κ3) is 5.89. The maximum Gasteiger partial charge on any atom is 0.261 e. The molecule has 7 heteroatoms. The number of rotatable bonds is 9. The Bertz CT molecular complexity index is 937. The normalized spacial score (nSPS) is 12.2. The molecule has 7 nitrogen and oxygen atoms in total. The molecule has 3 rings (SSSR count). The van der Waals surface area contributed by atoms with E-state index in [9.17, 15) is 4.79 Å². The summed E-state index contributed by atoms with van der Waals surface area (Å²) in [6.45, 7) is 8.40. The molecule has 0 aliphatic heterocycles. The summed E-state index contributed by atoms with van der Waals surface area (Å²) >= 11 is 0. The van der Waals surface area contributed by atoms with Crippen molar-refractivity contribution in [3.8, 4) is 17.1 Å². The second-order valence-electron chi connectivity index (χ2n) is 8.00. The number of pyridine rings is 1. The van der Waals surface area contributed by atoms with Gasteiger partial charge in [-0.2, -0.15) is 4.98 Å². The van der Waals surface area contributed by atoms with E-state index in [-0.39, 0.29) is 18.4 Å². The van der Waals surface area contributed by atoms with Gasteiger partial charge in [0.1, 0.15) is 5.75 Å². The van der Waals surface area contributed by atoms with E-state index in [0.29, 0.717) is 23.4 Å². The number of carbonyl (C=O) groups excluding carboxylic acids is 1. The summed E-state index contributed by atoms with van der Waals surface area (Å²) < 4.78 is 11.2. The minimum Gasteiger partial charge on any atom is -0.480 e. The predicted molar refractivity (Wildman–Crippen MR) is 114 cm³/mol. The van der Waals surface area contributed by atoms with Crippen LogP contribution in [0.5, 0.6) is 5.75 Å². The van der Waals surface area contributed by atoms with Crippen molar-refractivity contribution < 1.29 is 14.1 Å². The number of benzene rings is 1. The Hall–Kier alpha value is -3.22. The van der Waals surface area contributed by atoms with Crippen LogP contribution in [0.3, 0.4) is 0 Å². The highest BCUT2D eigenvalue weighted by Gasteiger charge is 2.24. The van der Waals surface area contributed by atoms with E-state index >= 15 is 0 Å². The number of aromatic nitrogens is 3. The molecule has 0 radical (unpaired) electrons. The Morgan fingerprint density at radius 3 is 2.53 bits per heavy atom. The molecule has 0 saturated carbocycles. The van der Waals surface area contributed by atoms with E-state index in [2.05, 4.69) is 34.3 Å². The lowest BCUT2D eigenvalue weighted by Gasteiger charge is -2.21. The first kappa shape index (κ1) is 21.5. The standard InChI is InChI=1S/C23H28N4O3/c1-15(2)12-17-7-9-19(10-8-17)29-21(16(3)4)23(28)25-14-20-26-22(27-30-20)18-6-5-11-24-13-18/h5-11,13,15-16,21H,12,14H2,1-4H3,(H,25,28). The molecule has 0 fully saturated rings. The van der Waals surface area contributed by atoms with Crippen molar-refractivity contribution in [3.05, 3.63) is 60.2 Å². The third-order valence-electron chi connectivity index (χ3n) is 4.50. The lowest BCUT2D eigenvalue weighted by Crippen LogP contribution is -2.41. The highest BCUT2D eigenvalue weighted by Crippen LogP contribution is 2.19. The first-order valence-corrected chi connectivity index (χ1v) is 10.2. The van der Waals surface area contributed by atoms with Gasteiger partial charge < -0.3 is 14.6 Å². The fraction of sp³-hybridized carbons (Fsp3) is 0.391. The van der Waals surface area contributed by atoms with Gasteiger partial charge in [0.25, 0.3) is 5.91 Å². The monoisotopic (exact) mass is 408 g/mol. The van der Waals surface area contributed by atoms with Crippen molar-refractivity contribution in [2.24, 2.45) is 11.8 Å². The molecule has 0 aliphatic rings. The molecule has 2 aromatic heterocycles. The SMILES string of the molecule is CC(C)Cc1ccc(OC(C(=O)NCc2nc(-c3cccnc3)no2)C(C)C)cc1. The Morgan fingerprint density at radius 2 is 1.90 bits per heavy atom. The number of hydrogen-bond donors (Lipinski definition) is 1. The molecule has 1 atom stereocenters. The van der Waals surface area contributed by atoms with Gasteiger partial charge in [-0.3, -0.25) is 9.78 Å². The third-order valence-corrected chi connectivity index (χ3v) is 4.50. The van der Waals surface area contributed by atoms with E-state index in [0.717, 1.165) is 12.0 Å². The molecule has 1 unspecified atom stereocenters. The molecule has 0 aliphatic carbocycles. The molecule has 0 spiro atoms. The van der Waals surface area contributed by atoms with E-state index in [1.807, 2.05) is 44.2 Å². The minimum absolute atomic E-state index is 0.00557. The number of hydrogen-bond acceptors (Lipinski definition) is 6. The average Bonchev–Trinajstić information content (AvgIpc) is 3.20. The van der Waals surface area contributed by atoms with Crippen molar-refractivity contribution >= 4 is 5.91 Å². The van der Waals surface area contributed by atoms with Crippen molar-refractivity contribution in [1.29, 1.82) is 0 Å². The van der Waals surface area contributed by atoms with Gasteiger partial charge in [-0.25, -0.2) is 0 Å². The van der Waals surface area contributed by atoms with Crippen LogP contribution in [-0.4, -0.2) is 27.1 Å². The van der Waals surface area contributed by atoms with Crippen LogP contribution in [0.1, 0.15) is 39.1 Å². The van der Waals surface area contributed by atoms with Crippen LogP contribution < -0.4 is 10.1 Å². The predicted octanol–water partition coefficient (Wildman–Crippen LogP) is 4.05.